The van der Waals surface area contributed by atoms with Crippen LogP contribution in [0.5, 0.6) is 0 Å². The third kappa shape index (κ3) is 4.27. The van der Waals surface area contributed by atoms with Gasteiger partial charge in [0, 0.05) is 23.8 Å². The van der Waals surface area contributed by atoms with Crippen LogP contribution in [0.15, 0.2) is 46.4 Å². The standard InChI is InChI=1S/C15H17N7O/c16-6-8-20-21-9-10-1-3-11(4-2-10)22-14(18)13-12(17)5-7-19-15(13)23/h1-8,16,21H,9H2,(H2,18,22)(H3,17,19,23)/b16-6?,20-8-. The quantitative estimate of drug-likeness (QED) is 0.270. The van der Waals surface area contributed by atoms with E-state index in [0.717, 1.165) is 11.8 Å². The van der Waals surface area contributed by atoms with Gasteiger partial charge in [-0.2, -0.15) is 5.10 Å². The topological polar surface area (TPSA) is 143 Å². The SMILES string of the molecule is N=C/C=N\NCc1ccc(NC(=N)c2c(N)cc[nH]c2=O)cc1. The maximum absolute atomic E-state index is 11.7. The van der Waals surface area contributed by atoms with E-state index in [-0.39, 0.29) is 17.1 Å². The number of benzene rings is 1. The number of nitrogens with one attached hydrogen (secondary N) is 5. The van der Waals surface area contributed by atoms with Crippen molar-refractivity contribution in [3.63, 3.8) is 0 Å². The van der Waals surface area contributed by atoms with Crippen molar-refractivity contribution < 1.29 is 0 Å². The Bertz CT molecular complexity index is 777. The molecule has 0 spiro atoms. The molecular weight excluding hydrogens is 294 g/mol. The van der Waals surface area contributed by atoms with Crippen LogP contribution in [0, 0.1) is 10.8 Å². The highest BCUT2D eigenvalue weighted by atomic mass is 16.1. The van der Waals surface area contributed by atoms with E-state index in [1.165, 1.54) is 18.5 Å². The molecule has 0 amide bonds. The molecule has 8 nitrogen and oxygen atoms in total. The Balaban J connectivity index is 2.03. The highest BCUT2D eigenvalue weighted by Gasteiger charge is 2.10. The highest BCUT2D eigenvalue weighted by molar-refractivity contribution is 6.14. The van der Waals surface area contributed by atoms with Crippen molar-refractivity contribution in [3.05, 3.63) is 58.0 Å². The molecular formula is C15H17N7O. The third-order valence-corrected chi connectivity index (χ3v) is 2.99. The Labute approximate surface area is 132 Å². The molecule has 0 unspecified atom stereocenters. The second kappa shape index (κ2) is 7.55. The minimum absolute atomic E-state index is 0.0641. The number of amidine groups is 1. The van der Waals surface area contributed by atoms with Crippen molar-refractivity contribution in [1.29, 1.82) is 10.8 Å². The van der Waals surface area contributed by atoms with Crippen LogP contribution in [-0.4, -0.2) is 23.2 Å². The fourth-order valence-electron chi connectivity index (χ4n) is 1.89. The van der Waals surface area contributed by atoms with Crippen LogP contribution in [0.25, 0.3) is 0 Å². The summed E-state index contributed by atoms with van der Waals surface area (Å²) in [5.74, 6) is -0.0641. The van der Waals surface area contributed by atoms with Crippen molar-refractivity contribution >= 4 is 29.6 Å². The second-order valence-electron chi connectivity index (χ2n) is 4.61. The van der Waals surface area contributed by atoms with E-state index in [9.17, 15) is 4.79 Å². The molecule has 0 aliphatic carbocycles. The second-order valence-corrected chi connectivity index (χ2v) is 4.61. The molecule has 1 heterocycles. The highest BCUT2D eigenvalue weighted by Crippen LogP contribution is 2.12. The molecule has 0 saturated heterocycles. The number of pyridine rings is 1. The first kappa shape index (κ1) is 16.0. The van der Waals surface area contributed by atoms with Crippen molar-refractivity contribution in [2.45, 2.75) is 6.54 Å². The van der Waals surface area contributed by atoms with Crippen molar-refractivity contribution in [3.8, 4) is 0 Å². The predicted molar refractivity (Wildman–Crippen MR) is 92.5 cm³/mol. The molecule has 0 fully saturated rings. The summed E-state index contributed by atoms with van der Waals surface area (Å²) in [4.78, 5) is 14.2. The summed E-state index contributed by atoms with van der Waals surface area (Å²) in [5.41, 5.74) is 10.1. The van der Waals surface area contributed by atoms with Crippen LogP contribution >= 0.6 is 0 Å². The van der Waals surface area contributed by atoms with Crippen molar-refractivity contribution in [2.75, 3.05) is 11.1 Å². The van der Waals surface area contributed by atoms with Gasteiger partial charge in [0.25, 0.3) is 5.56 Å². The molecule has 1 aromatic carbocycles. The molecule has 0 radical (unpaired) electrons. The number of nitrogen functional groups attached to an aromatic ring is 1. The Morgan fingerprint density at radius 2 is 2.04 bits per heavy atom. The number of anilines is 2. The van der Waals surface area contributed by atoms with Crippen molar-refractivity contribution in [1.82, 2.24) is 10.4 Å². The summed E-state index contributed by atoms with van der Waals surface area (Å²) < 4.78 is 0. The van der Waals surface area contributed by atoms with E-state index in [0.29, 0.717) is 12.2 Å². The lowest BCUT2D eigenvalue weighted by molar-refractivity contribution is 0.749. The van der Waals surface area contributed by atoms with Gasteiger partial charge in [0.1, 0.15) is 11.4 Å². The molecule has 0 atom stereocenters. The molecule has 0 aliphatic heterocycles. The van der Waals surface area contributed by atoms with Crippen molar-refractivity contribution in [2.24, 2.45) is 5.10 Å². The van der Waals surface area contributed by atoms with Gasteiger partial charge in [-0.15, -0.1) is 0 Å². The molecule has 0 aliphatic rings. The lowest BCUT2D eigenvalue weighted by Crippen LogP contribution is -2.24. The van der Waals surface area contributed by atoms with Gasteiger partial charge >= 0.3 is 0 Å². The van der Waals surface area contributed by atoms with E-state index in [4.69, 9.17) is 16.6 Å². The summed E-state index contributed by atoms with van der Waals surface area (Å²) in [6, 6.07) is 8.84. The van der Waals surface area contributed by atoms with Gasteiger partial charge in [-0.05, 0) is 23.8 Å². The first-order valence-electron chi connectivity index (χ1n) is 6.79. The van der Waals surface area contributed by atoms with E-state index >= 15 is 0 Å². The molecule has 0 bridgehead atoms. The lowest BCUT2D eigenvalue weighted by atomic mass is 10.2. The van der Waals surface area contributed by atoms with Crippen LogP contribution in [0.2, 0.25) is 0 Å². The average Bonchev–Trinajstić information content (AvgIpc) is 2.53. The molecule has 118 valence electrons. The number of hydrogen-bond donors (Lipinski definition) is 6. The molecule has 2 rings (SSSR count). The Morgan fingerprint density at radius 1 is 1.30 bits per heavy atom. The smallest absolute Gasteiger partial charge is 0.261 e. The van der Waals surface area contributed by atoms with Gasteiger partial charge < -0.3 is 26.9 Å². The van der Waals surface area contributed by atoms with Gasteiger partial charge in [-0.25, -0.2) is 0 Å². The minimum atomic E-state index is -0.410. The molecule has 2 aromatic rings. The molecule has 23 heavy (non-hydrogen) atoms. The van der Waals surface area contributed by atoms with Gasteiger partial charge in [-0.3, -0.25) is 10.2 Å². The summed E-state index contributed by atoms with van der Waals surface area (Å²) in [6.07, 6.45) is 3.87. The number of rotatable bonds is 6. The van der Waals surface area contributed by atoms with Gasteiger partial charge in [0.15, 0.2) is 0 Å². The lowest BCUT2D eigenvalue weighted by Gasteiger charge is -2.10. The first-order chi connectivity index (χ1) is 11.1. The molecule has 0 saturated carbocycles. The Morgan fingerprint density at radius 3 is 2.70 bits per heavy atom. The van der Waals surface area contributed by atoms with Crippen LogP contribution in [-0.2, 0) is 6.54 Å². The van der Waals surface area contributed by atoms with Crippen LogP contribution < -0.4 is 22.0 Å². The van der Waals surface area contributed by atoms with Gasteiger partial charge in [0.05, 0.1) is 12.8 Å². The van der Waals surface area contributed by atoms with E-state index in [1.807, 2.05) is 12.1 Å². The summed E-state index contributed by atoms with van der Waals surface area (Å²) in [5, 5.41) is 21.4. The molecule has 7 N–H and O–H groups in total. The number of hydrazone groups is 1. The maximum atomic E-state index is 11.7. The number of nitrogens with two attached hydrogens (primary N) is 1. The average molecular weight is 311 g/mol. The summed E-state index contributed by atoms with van der Waals surface area (Å²) >= 11 is 0. The zero-order chi connectivity index (χ0) is 16.7. The number of H-pyrrole nitrogens is 1. The zero-order valence-electron chi connectivity index (χ0n) is 12.3. The number of hydrogen-bond acceptors (Lipinski definition) is 6. The van der Waals surface area contributed by atoms with Crippen LogP contribution in [0.4, 0.5) is 11.4 Å². The van der Waals surface area contributed by atoms with Crippen LogP contribution in [0.1, 0.15) is 11.1 Å². The fourth-order valence-corrected chi connectivity index (χ4v) is 1.89. The molecule has 1 aromatic heterocycles. The number of aromatic amines is 1. The third-order valence-electron chi connectivity index (χ3n) is 2.99. The van der Waals surface area contributed by atoms with Gasteiger partial charge in [0.2, 0.25) is 0 Å². The zero-order valence-corrected chi connectivity index (χ0v) is 12.3. The fraction of sp³-hybridized carbons (Fsp3) is 0.0667. The Kier molecular flexibility index (Phi) is 5.24. The Hall–Kier alpha value is -3.42. The number of nitrogens with zero attached hydrogens (tertiary/aromatic N) is 1. The summed E-state index contributed by atoms with van der Waals surface area (Å²) in [6.45, 7) is 0.521. The van der Waals surface area contributed by atoms with Gasteiger partial charge in [-0.1, -0.05) is 12.1 Å². The largest absolute Gasteiger partial charge is 0.398 e. The molecule has 8 heteroatoms. The normalized spacial score (nSPS) is 10.4. The van der Waals surface area contributed by atoms with Crippen LogP contribution in [0.3, 0.4) is 0 Å². The van der Waals surface area contributed by atoms with E-state index in [1.54, 1.807) is 12.1 Å². The monoisotopic (exact) mass is 311 g/mol. The first-order valence-corrected chi connectivity index (χ1v) is 6.79. The summed E-state index contributed by atoms with van der Waals surface area (Å²) in [7, 11) is 0. The maximum Gasteiger partial charge on any atom is 0.261 e. The van der Waals surface area contributed by atoms with E-state index < -0.39 is 5.56 Å². The predicted octanol–water partition coefficient (Wildman–Crippen LogP) is 1.12. The minimum Gasteiger partial charge on any atom is -0.398 e. The number of aromatic nitrogens is 1. The van der Waals surface area contributed by atoms with E-state index in [2.05, 4.69) is 20.8 Å².